The zero-order valence-corrected chi connectivity index (χ0v) is 16.9. The van der Waals surface area contributed by atoms with E-state index in [1.165, 1.54) is 6.26 Å². The van der Waals surface area contributed by atoms with Crippen LogP contribution < -0.4 is 0 Å². The van der Waals surface area contributed by atoms with E-state index in [9.17, 15) is 4.79 Å². The summed E-state index contributed by atoms with van der Waals surface area (Å²) in [4.78, 5) is 32.8. The van der Waals surface area contributed by atoms with Crippen molar-refractivity contribution in [3.63, 3.8) is 0 Å². The van der Waals surface area contributed by atoms with Crippen molar-refractivity contribution in [1.82, 2.24) is 24.8 Å². The lowest BCUT2D eigenvalue weighted by Gasteiger charge is -2.32. The third-order valence-corrected chi connectivity index (χ3v) is 5.53. The Morgan fingerprint density at radius 2 is 1.94 bits per heavy atom. The molecule has 4 aromatic heterocycles. The molecule has 0 radical (unpaired) electrons. The van der Waals surface area contributed by atoms with Crippen molar-refractivity contribution in [2.45, 2.75) is 18.8 Å². The molecule has 5 rings (SSSR count). The summed E-state index contributed by atoms with van der Waals surface area (Å²) in [5, 5.41) is 0. The van der Waals surface area contributed by atoms with Gasteiger partial charge in [-0.1, -0.05) is 6.07 Å². The Labute approximate surface area is 179 Å². The maximum absolute atomic E-state index is 12.9. The SMILES string of the molecule is O=C(c1ccco1)N1CCCC(c2nc(-c3ccccn3)ncc2-c2ccncc2)C1. The van der Waals surface area contributed by atoms with E-state index < -0.39 is 0 Å². The second kappa shape index (κ2) is 8.47. The molecule has 0 N–H and O–H groups in total. The molecule has 31 heavy (non-hydrogen) atoms. The number of likely N-dealkylation sites (tertiary alicyclic amines) is 1. The molecule has 1 amide bonds. The molecule has 7 nitrogen and oxygen atoms in total. The Hall–Kier alpha value is -3.87. The van der Waals surface area contributed by atoms with Crippen LogP contribution in [0.4, 0.5) is 0 Å². The van der Waals surface area contributed by atoms with Gasteiger partial charge in [-0.3, -0.25) is 14.8 Å². The highest BCUT2D eigenvalue weighted by atomic mass is 16.3. The Bertz CT molecular complexity index is 1160. The van der Waals surface area contributed by atoms with Gasteiger partial charge in [-0.05, 0) is 54.8 Å². The lowest BCUT2D eigenvalue weighted by molar-refractivity contribution is 0.0674. The predicted octanol–water partition coefficient (Wildman–Crippen LogP) is 4.21. The minimum absolute atomic E-state index is 0.0841. The first-order valence-corrected chi connectivity index (χ1v) is 10.3. The van der Waals surface area contributed by atoms with E-state index in [4.69, 9.17) is 9.40 Å². The molecule has 1 fully saturated rings. The summed E-state index contributed by atoms with van der Waals surface area (Å²) in [6.45, 7) is 1.29. The van der Waals surface area contributed by atoms with Crippen LogP contribution in [0.3, 0.4) is 0 Å². The second-order valence-corrected chi connectivity index (χ2v) is 7.51. The highest BCUT2D eigenvalue weighted by Crippen LogP contribution is 2.34. The number of rotatable bonds is 4. The van der Waals surface area contributed by atoms with Gasteiger partial charge < -0.3 is 9.32 Å². The fourth-order valence-electron chi connectivity index (χ4n) is 4.02. The number of furan rings is 1. The lowest BCUT2D eigenvalue weighted by Crippen LogP contribution is -2.39. The first-order valence-electron chi connectivity index (χ1n) is 10.3. The summed E-state index contributed by atoms with van der Waals surface area (Å²) < 4.78 is 5.33. The monoisotopic (exact) mass is 411 g/mol. The van der Waals surface area contributed by atoms with Crippen LogP contribution in [0.15, 0.2) is 77.9 Å². The van der Waals surface area contributed by atoms with Crippen molar-refractivity contribution in [3.05, 3.63) is 85.0 Å². The second-order valence-electron chi connectivity index (χ2n) is 7.51. The van der Waals surface area contributed by atoms with Gasteiger partial charge in [-0.15, -0.1) is 0 Å². The zero-order chi connectivity index (χ0) is 21.0. The van der Waals surface area contributed by atoms with Crippen LogP contribution in [0.1, 0.15) is 35.0 Å². The number of pyridine rings is 2. The van der Waals surface area contributed by atoms with Crippen molar-refractivity contribution in [3.8, 4) is 22.6 Å². The van der Waals surface area contributed by atoms with Crippen LogP contribution >= 0.6 is 0 Å². The molecule has 0 spiro atoms. The Balaban J connectivity index is 1.53. The standard InChI is InChI=1S/C24H21N5O2/c30-24(21-7-4-14-31-21)29-13-3-5-18(16-29)22-19(17-8-11-25-12-9-17)15-27-23(28-22)20-6-1-2-10-26-20/h1-2,4,6-12,14-15,18H,3,5,13,16H2. The number of hydrogen-bond acceptors (Lipinski definition) is 6. The Morgan fingerprint density at radius 1 is 1.03 bits per heavy atom. The number of hydrogen-bond donors (Lipinski definition) is 0. The van der Waals surface area contributed by atoms with Gasteiger partial charge in [0, 0.05) is 49.4 Å². The van der Waals surface area contributed by atoms with Crippen molar-refractivity contribution in [2.75, 3.05) is 13.1 Å². The maximum atomic E-state index is 12.9. The van der Waals surface area contributed by atoms with E-state index in [0.717, 1.165) is 35.4 Å². The first-order chi connectivity index (χ1) is 15.3. The fourth-order valence-corrected chi connectivity index (χ4v) is 4.02. The molecule has 0 aromatic carbocycles. The summed E-state index contributed by atoms with van der Waals surface area (Å²) in [7, 11) is 0. The molecule has 1 aliphatic heterocycles. The van der Waals surface area contributed by atoms with E-state index in [1.807, 2.05) is 41.4 Å². The number of carbonyl (C=O) groups is 1. The topological polar surface area (TPSA) is 85.0 Å². The average Bonchev–Trinajstić information content (AvgIpc) is 3.39. The van der Waals surface area contributed by atoms with E-state index in [-0.39, 0.29) is 11.8 Å². The minimum Gasteiger partial charge on any atom is -0.459 e. The van der Waals surface area contributed by atoms with Gasteiger partial charge in [0.25, 0.3) is 5.91 Å². The molecular weight excluding hydrogens is 390 g/mol. The fraction of sp³-hybridized carbons (Fsp3) is 0.208. The Kier molecular flexibility index (Phi) is 5.22. The molecule has 0 aliphatic carbocycles. The summed E-state index contributed by atoms with van der Waals surface area (Å²) in [6.07, 6.45) is 10.5. The van der Waals surface area contributed by atoms with Crippen molar-refractivity contribution in [2.24, 2.45) is 0 Å². The van der Waals surface area contributed by atoms with Gasteiger partial charge >= 0.3 is 0 Å². The molecule has 1 unspecified atom stereocenters. The highest BCUT2D eigenvalue weighted by Gasteiger charge is 2.29. The van der Waals surface area contributed by atoms with E-state index >= 15 is 0 Å². The van der Waals surface area contributed by atoms with Gasteiger partial charge in [0.1, 0.15) is 5.69 Å². The summed E-state index contributed by atoms with van der Waals surface area (Å²) in [5.41, 5.74) is 3.62. The van der Waals surface area contributed by atoms with Crippen LogP contribution in [-0.4, -0.2) is 43.8 Å². The summed E-state index contributed by atoms with van der Waals surface area (Å²) in [6, 6.07) is 13.0. The molecule has 154 valence electrons. The molecule has 1 atom stereocenters. The molecule has 1 aliphatic rings. The predicted molar refractivity (Wildman–Crippen MR) is 115 cm³/mol. The van der Waals surface area contributed by atoms with Crippen LogP contribution in [0.25, 0.3) is 22.6 Å². The van der Waals surface area contributed by atoms with Gasteiger partial charge in [0.15, 0.2) is 11.6 Å². The molecule has 5 heterocycles. The van der Waals surface area contributed by atoms with Gasteiger partial charge in [-0.25, -0.2) is 9.97 Å². The van der Waals surface area contributed by atoms with Crippen LogP contribution in [0, 0.1) is 0 Å². The van der Waals surface area contributed by atoms with Gasteiger partial charge in [-0.2, -0.15) is 0 Å². The quantitative estimate of drug-likeness (QED) is 0.500. The van der Waals surface area contributed by atoms with Gasteiger partial charge in [0.05, 0.1) is 12.0 Å². The molecule has 0 bridgehead atoms. The minimum atomic E-state index is -0.0841. The zero-order valence-electron chi connectivity index (χ0n) is 16.9. The number of carbonyl (C=O) groups excluding carboxylic acids is 1. The number of amides is 1. The van der Waals surface area contributed by atoms with E-state index in [0.29, 0.717) is 24.7 Å². The van der Waals surface area contributed by atoms with E-state index in [1.54, 1.807) is 30.7 Å². The molecule has 1 saturated heterocycles. The van der Waals surface area contributed by atoms with Crippen LogP contribution in [0.5, 0.6) is 0 Å². The van der Waals surface area contributed by atoms with Gasteiger partial charge in [0.2, 0.25) is 0 Å². The maximum Gasteiger partial charge on any atom is 0.289 e. The number of nitrogens with zero attached hydrogens (tertiary/aromatic N) is 5. The normalized spacial score (nSPS) is 16.3. The highest BCUT2D eigenvalue weighted by molar-refractivity contribution is 5.91. The Morgan fingerprint density at radius 3 is 2.71 bits per heavy atom. The van der Waals surface area contributed by atoms with Crippen LogP contribution in [0.2, 0.25) is 0 Å². The lowest BCUT2D eigenvalue weighted by atomic mass is 9.90. The molecule has 4 aromatic rings. The average molecular weight is 411 g/mol. The number of aromatic nitrogens is 4. The molecule has 0 saturated carbocycles. The van der Waals surface area contributed by atoms with Crippen molar-refractivity contribution < 1.29 is 9.21 Å². The molecular formula is C24H21N5O2. The van der Waals surface area contributed by atoms with Crippen molar-refractivity contribution >= 4 is 5.91 Å². The first kappa shape index (κ1) is 19.1. The van der Waals surface area contributed by atoms with E-state index in [2.05, 4.69) is 15.0 Å². The summed E-state index contributed by atoms with van der Waals surface area (Å²) >= 11 is 0. The third kappa shape index (κ3) is 3.94. The third-order valence-electron chi connectivity index (χ3n) is 5.53. The largest absolute Gasteiger partial charge is 0.459 e. The number of piperidine rings is 1. The molecule has 7 heteroatoms. The smallest absolute Gasteiger partial charge is 0.289 e. The van der Waals surface area contributed by atoms with Crippen molar-refractivity contribution in [1.29, 1.82) is 0 Å². The van der Waals surface area contributed by atoms with Crippen LogP contribution in [-0.2, 0) is 0 Å². The summed E-state index contributed by atoms with van der Waals surface area (Å²) in [5.74, 6) is 0.954.